The van der Waals surface area contributed by atoms with Crippen molar-refractivity contribution < 1.29 is 9.47 Å². The van der Waals surface area contributed by atoms with Gasteiger partial charge in [0.25, 0.3) is 0 Å². The zero-order valence-corrected chi connectivity index (χ0v) is 20.7. The monoisotopic (exact) mass is 460 g/mol. The molecule has 0 fully saturated rings. The van der Waals surface area contributed by atoms with E-state index in [9.17, 15) is 0 Å². The number of methoxy groups -OCH3 is 2. The summed E-state index contributed by atoms with van der Waals surface area (Å²) in [5.41, 5.74) is 7.81. The normalized spacial score (nSPS) is 14.7. The van der Waals surface area contributed by atoms with Crippen LogP contribution < -0.4 is 9.47 Å². The summed E-state index contributed by atoms with van der Waals surface area (Å²) < 4.78 is 10.9. The molecule has 0 bridgehead atoms. The Morgan fingerprint density at radius 1 is 0.714 bits per heavy atom. The fraction of sp³-hybridized carbons (Fsp3) is 0.212. The molecule has 0 aliphatic heterocycles. The number of rotatable bonds is 7. The van der Waals surface area contributed by atoms with Crippen molar-refractivity contribution in [3.8, 4) is 11.5 Å². The van der Waals surface area contributed by atoms with Gasteiger partial charge in [-0.25, -0.2) is 0 Å². The SMILES string of the molecule is COc1ccc(C2(c3ccc(OC)cc3)C=Cc3c(cccc3C(C)Cc3ccccc3)C2)cc1. The van der Waals surface area contributed by atoms with E-state index in [2.05, 4.69) is 116 Å². The van der Waals surface area contributed by atoms with Crippen molar-refractivity contribution in [1.82, 2.24) is 0 Å². The van der Waals surface area contributed by atoms with Gasteiger partial charge in [-0.2, -0.15) is 0 Å². The summed E-state index contributed by atoms with van der Waals surface area (Å²) in [6.07, 6.45) is 6.69. The molecule has 4 aromatic carbocycles. The summed E-state index contributed by atoms with van der Waals surface area (Å²) >= 11 is 0. The molecule has 5 rings (SSSR count). The Labute approximate surface area is 208 Å². The van der Waals surface area contributed by atoms with Gasteiger partial charge in [0.1, 0.15) is 11.5 Å². The van der Waals surface area contributed by atoms with Crippen LogP contribution in [0.3, 0.4) is 0 Å². The average molecular weight is 461 g/mol. The van der Waals surface area contributed by atoms with Gasteiger partial charge in [-0.05, 0) is 76.4 Å². The van der Waals surface area contributed by atoms with Gasteiger partial charge >= 0.3 is 0 Å². The Bertz CT molecular complexity index is 1250. The second-order valence-corrected chi connectivity index (χ2v) is 9.45. The molecule has 1 unspecified atom stereocenters. The highest BCUT2D eigenvalue weighted by Crippen LogP contribution is 2.44. The van der Waals surface area contributed by atoms with Crippen LogP contribution in [0.4, 0.5) is 0 Å². The number of benzene rings is 4. The molecule has 1 atom stereocenters. The first-order valence-electron chi connectivity index (χ1n) is 12.3. The number of hydrogen-bond acceptors (Lipinski definition) is 2. The predicted octanol–water partition coefficient (Wildman–Crippen LogP) is 7.61. The van der Waals surface area contributed by atoms with Gasteiger partial charge in [0.2, 0.25) is 0 Å². The molecule has 176 valence electrons. The first kappa shape index (κ1) is 23.0. The maximum atomic E-state index is 5.44. The largest absolute Gasteiger partial charge is 0.497 e. The zero-order valence-electron chi connectivity index (χ0n) is 20.7. The first-order chi connectivity index (χ1) is 17.1. The molecule has 4 aromatic rings. The van der Waals surface area contributed by atoms with Crippen LogP contribution in [0.25, 0.3) is 6.08 Å². The van der Waals surface area contributed by atoms with Crippen LogP contribution >= 0.6 is 0 Å². The number of fused-ring (bicyclic) bond motifs is 1. The minimum atomic E-state index is -0.257. The van der Waals surface area contributed by atoms with E-state index < -0.39 is 0 Å². The van der Waals surface area contributed by atoms with E-state index in [-0.39, 0.29) is 5.41 Å². The summed E-state index contributed by atoms with van der Waals surface area (Å²) in [7, 11) is 3.42. The Morgan fingerprint density at radius 2 is 1.31 bits per heavy atom. The Morgan fingerprint density at radius 3 is 1.89 bits per heavy atom. The third kappa shape index (κ3) is 4.49. The van der Waals surface area contributed by atoms with Crippen molar-refractivity contribution in [2.24, 2.45) is 0 Å². The standard InChI is InChI=1S/C33H32O2/c1-24(22-25-8-5-4-6-9-25)31-11-7-10-26-23-33(21-20-32(26)31,27-12-16-29(34-2)17-13-27)28-14-18-30(35-3)19-15-28/h4-21,24H,22-23H2,1-3H3. The topological polar surface area (TPSA) is 18.5 Å². The maximum absolute atomic E-state index is 5.44. The highest BCUT2D eigenvalue weighted by Gasteiger charge is 2.35. The third-order valence-corrected chi connectivity index (χ3v) is 7.36. The van der Waals surface area contributed by atoms with Gasteiger partial charge in [0.05, 0.1) is 14.2 Å². The number of ether oxygens (including phenoxy) is 2. The molecule has 1 aliphatic carbocycles. The van der Waals surface area contributed by atoms with Gasteiger partial charge in [0.15, 0.2) is 0 Å². The molecule has 1 aliphatic rings. The molecule has 2 heteroatoms. The first-order valence-corrected chi connectivity index (χ1v) is 12.3. The Hall–Kier alpha value is -3.78. The molecule has 0 spiro atoms. The van der Waals surface area contributed by atoms with Gasteiger partial charge in [-0.1, -0.05) is 91.9 Å². The van der Waals surface area contributed by atoms with E-state index in [1.54, 1.807) is 14.2 Å². The molecular weight excluding hydrogens is 428 g/mol. The van der Waals surface area contributed by atoms with Crippen molar-refractivity contribution in [3.63, 3.8) is 0 Å². The lowest BCUT2D eigenvalue weighted by atomic mass is 9.66. The molecule has 0 radical (unpaired) electrons. The molecule has 0 heterocycles. The predicted molar refractivity (Wildman–Crippen MR) is 145 cm³/mol. The molecule has 2 nitrogen and oxygen atoms in total. The lowest BCUT2D eigenvalue weighted by Gasteiger charge is -2.36. The summed E-state index contributed by atoms with van der Waals surface area (Å²) in [6.45, 7) is 2.34. The van der Waals surface area contributed by atoms with Crippen molar-refractivity contribution in [2.75, 3.05) is 14.2 Å². The summed E-state index contributed by atoms with van der Waals surface area (Å²) in [5, 5.41) is 0. The molecule has 35 heavy (non-hydrogen) atoms. The van der Waals surface area contributed by atoms with Crippen LogP contribution in [-0.2, 0) is 18.3 Å². The van der Waals surface area contributed by atoms with Crippen LogP contribution in [0.5, 0.6) is 11.5 Å². The van der Waals surface area contributed by atoms with Gasteiger partial charge < -0.3 is 9.47 Å². The van der Waals surface area contributed by atoms with E-state index in [0.29, 0.717) is 5.92 Å². The lowest BCUT2D eigenvalue weighted by molar-refractivity contribution is 0.414. The number of hydrogen-bond donors (Lipinski definition) is 0. The van der Waals surface area contributed by atoms with Crippen molar-refractivity contribution >= 4 is 6.08 Å². The minimum Gasteiger partial charge on any atom is -0.497 e. The smallest absolute Gasteiger partial charge is 0.118 e. The highest BCUT2D eigenvalue weighted by molar-refractivity contribution is 5.67. The lowest BCUT2D eigenvalue weighted by Crippen LogP contribution is -2.30. The molecule has 0 amide bonds. The van der Waals surface area contributed by atoms with E-state index in [4.69, 9.17) is 9.47 Å². The van der Waals surface area contributed by atoms with E-state index in [0.717, 1.165) is 24.3 Å². The third-order valence-electron chi connectivity index (χ3n) is 7.36. The second kappa shape index (κ2) is 9.84. The fourth-order valence-corrected chi connectivity index (χ4v) is 5.42. The molecule has 0 saturated heterocycles. The molecule has 0 saturated carbocycles. The maximum Gasteiger partial charge on any atom is 0.118 e. The number of allylic oxidation sites excluding steroid dienone is 1. The van der Waals surface area contributed by atoms with Gasteiger partial charge in [0, 0.05) is 5.41 Å². The second-order valence-electron chi connectivity index (χ2n) is 9.45. The van der Waals surface area contributed by atoms with E-state index in [1.807, 2.05) is 0 Å². The van der Waals surface area contributed by atoms with Crippen molar-refractivity contribution in [3.05, 3.63) is 137 Å². The summed E-state index contributed by atoms with van der Waals surface area (Å²) in [6, 6.07) is 34.6. The van der Waals surface area contributed by atoms with Crippen LogP contribution in [0.15, 0.2) is 103 Å². The van der Waals surface area contributed by atoms with Crippen LogP contribution in [0, 0.1) is 0 Å². The molecule has 0 aromatic heterocycles. The Balaban J connectivity index is 1.56. The van der Waals surface area contributed by atoms with E-state index >= 15 is 0 Å². The molecular formula is C33H32O2. The minimum absolute atomic E-state index is 0.257. The van der Waals surface area contributed by atoms with Crippen molar-refractivity contribution in [1.29, 1.82) is 0 Å². The highest BCUT2D eigenvalue weighted by atomic mass is 16.5. The zero-order chi connectivity index (χ0) is 24.3. The van der Waals surface area contributed by atoms with Gasteiger partial charge in [-0.15, -0.1) is 0 Å². The van der Waals surface area contributed by atoms with Gasteiger partial charge in [-0.3, -0.25) is 0 Å². The van der Waals surface area contributed by atoms with E-state index in [1.165, 1.54) is 33.4 Å². The molecule has 0 N–H and O–H groups in total. The fourth-order valence-electron chi connectivity index (χ4n) is 5.42. The summed E-state index contributed by atoms with van der Waals surface area (Å²) in [5.74, 6) is 2.18. The average Bonchev–Trinajstić information content (AvgIpc) is 2.93. The van der Waals surface area contributed by atoms with Crippen LogP contribution in [0.2, 0.25) is 0 Å². The van der Waals surface area contributed by atoms with Crippen LogP contribution in [-0.4, -0.2) is 14.2 Å². The quantitative estimate of drug-likeness (QED) is 0.283. The summed E-state index contributed by atoms with van der Waals surface area (Å²) in [4.78, 5) is 0. The Kier molecular flexibility index (Phi) is 6.46. The van der Waals surface area contributed by atoms with Crippen molar-refractivity contribution in [2.45, 2.75) is 31.1 Å². The van der Waals surface area contributed by atoms with Crippen LogP contribution in [0.1, 0.15) is 46.2 Å².